The van der Waals surface area contributed by atoms with Crippen LogP contribution in [0.15, 0.2) is 53.7 Å². The van der Waals surface area contributed by atoms with Crippen molar-refractivity contribution in [1.29, 1.82) is 0 Å². The average molecular weight is 780 g/mol. The summed E-state index contributed by atoms with van der Waals surface area (Å²) in [5.74, 6) is -2.55. The molecular formula is C43H53N7O7. The number of fused-ring (bicyclic) bond motifs is 6. The Labute approximate surface area is 332 Å². The highest BCUT2D eigenvalue weighted by Crippen LogP contribution is 2.67. The van der Waals surface area contributed by atoms with Gasteiger partial charge in [-0.25, -0.2) is 0 Å². The van der Waals surface area contributed by atoms with Crippen molar-refractivity contribution in [3.05, 3.63) is 81.4 Å². The molecule has 2 aromatic carbocycles. The molecule has 1 aliphatic carbocycles. The van der Waals surface area contributed by atoms with Crippen LogP contribution in [-0.4, -0.2) is 125 Å². The zero-order valence-electron chi connectivity index (χ0n) is 33.3. The van der Waals surface area contributed by atoms with E-state index in [1.54, 1.807) is 7.11 Å². The summed E-state index contributed by atoms with van der Waals surface area (Å²) < 4.78 is 12.0. The molecule has 2 saturated heterocycles. The van der Waals surface area contributed by atoms with Gasteiger partial charge in [-0.15, -0.1) is 0 Å². The quantitative estimate of drug-likeness (QED) is 0.0926. The van der Waals surface area contributed by atoms with Crippen LogP contribution < -0.4 is 9.64 Å². The minimum Gasteiger partial charge on any atom is -0.496 e. The summed E-state index contributed by atoms with van der Waals surface area (Å²) >= 11 is 0. The first-order valence-electron chi connectivity index (χ1n) is 20.4. The number of carbonyl (C=O) groups excluding carboxylic acids is 2. The molecule has 5 unspecified atom stereocenters. The molecule has 302 valence electrons. The van der Waals surface area contributed by atoms with Gasteiger partial charge < -0.3 is 34.7 Å². The number of anilines is 1. The highest BCUT2D eigenvalue weighted by atomic mass is 16.5. The zero-order valence-corrected chi connectivity index (χ0v) is 33.3. The van der Waals surface area contributed by atoms with Crippen molar-refractivity contribution in [2.75, 3.05) is 58.9 Å². The van der Waals surface area contributed by atoms with Crippen molar-refractivity contribution in [3.63, 3.8) is 0 Å². The van der Waals surface area contributed by atoms with Gasteiger partial charge in [-0.3, -0.25) is 19.4 Å². The molecule has 11 atom stereocenters. The van der Waals surface area contributed by atoms with Gasteiger partial charge in [-0.1, -0.05) is 44.2 Å². The summed E-state index contributed by atoms with van der Waals surface area (Å²) in [6.45, 7) is 7.12. The van der Waals surface area contributed by atoms with Gasteiger partial charge in [0.15, 0.2) is 5.60 Å². The second kappa shape index (κ2) is 13.3. The van der Waals surface area contributed by atoms with E-state index in [0.29, 0.717) is 70.6 Å². The smallest absolute Gasteiger partial charge is 0.315 e. The maximum Gasteiger partial charge on any atom is 0.315 e. The Morgan fingerprint density at radius 3 is 2.61 bits per heavy atom. The number of carbonyl (C=O) groups is 2. The predicted octanol–water partition coefficient (Wildman–Crippen LogP) is 4.28. The number of nitrogens with one attached hydrogen (secondary N) is 1. The number of methoxy groups -OCH3 is 2. The number of rotatable bonds is 6. The monoisotopic (exact) mass is 779 g/mol. The number of H-pyrrole nitrogens is 1. The first kappa shape index (κ1) is 38.1. The number of aromatic nitrogens is 1. The number of hydrogen-bond acceptors (Lipinski definition) is 10. The van der Waals surface area contributed by atoms with Gasteiger partial charge in [0, 0.05) is 89.3 Å². The van der Waals surface area contributed by atoms with E-state index in [4.69, 9.17) is 9.47 Å². The summed E-state index contributed by atoms with van der Waals surface area (Å²) in [5.41, 5.74) is 9.22. The Morgan fingerprint density at radius 1 is 1.11 bits per heavy atom. The number of hydrogen-bond donors (Lipinski definition) is 4. The number of likely N-dealkylation sites (N-methyl/N-ethyl adjacent to an activating group) is 1. The number of para-hydroxylation sites is 1. The molecule has 6 heterocycles. The SMILES string of the molecule is CCC1(O)CC2C[N@](CCc3c([nH]c4ccccc34)[C@H](C(=O)OC)C2c2cc3c(cc2OC)N(C)C2[C@]34CCN3CC=C[C@](CC)(C34)[C@@H](O)[C@]2(O)C(=O)N=[N+]=[N-])C1. The number of aromatic amines is 1. The Bertz CT molecular complexity index is 2240. The van der Waals surface area contributed by atoms with Crippen LogP contribution in [0.4, 0.5) is 5.69 Å². The summed E-state index contributed by atoms with van der Waals surface area (Å²) in [6.07, 6.45) is 5.02. The Balaban J connectivity index is 1.34. The van der Waals surface area contributed by atoms with Crippen LogP contribution in [0, 0.1) is 11.3 Å². The molecule has 6 aliphatic rings. The number of aliphatic hydroxyl groups is 3. The van der Waals surface area contributed by atoms with E-state index in [-0.39, 0.29) is 12.0 Å². The lowest BCUT2D eigenvalue weighted by Crippen LogP contribution is -2.80. The number of benzene rings is 2. The Morgan fingerprint density at radius 2 is 1.89 bits per heavy atom. The summed E-state index contributed by atoms with van der Waals surface area (Å²) in [6, 6.07) is 10.9. The van der Waals surface area contributed by atoms with Crippen LogP contribution in [-0.2, 0) is 26.2 Å². The maximum absolute atomic E-state index is 14.6. The lowest BCUT2D eigenvalue weighted by Gasteiger charge is -2.63. The molecule has 1 amide bonds. The van der Waals surface area contributed by atoms with E-state index in [1.807, 2.05) is 62.2 Å². The van der Waals surface area contributed by atoms with Gasteiger partial charge in [0.2, 0.25) is 0 Å². The molecule has 14 heteroatoms. The predicted molar refractivity (Wildman–Crippen MR) is 213 cm³/mol. The second-order valence-electron chi connectivity index (χ2n) is 17.5. The molecule has 14 nitrogen and oxygen atoms in total. The fourth-order valence-corrected chi connectivity index (χ4v) is 13.1. The van der Waals surface area contributed by atoms with Crippen molar-refractivity contribution < 1.29 is 34.4 Å². The first-order valence-corrected chi connectivity index (χ1v) is 20.4. The number of amides is 1. The first-order chi connectivity index (χ1) is 27.4. The molecule has 4 N–H and O–H groups in total. The molecule has 1 aromatic heterocycles. The number of nitrogens with zero attached hydrogens (tertiary/aromatic N) is 6. The number of ether oxygens (including phenoxy) is 2. The van der Waals surface area contributed by atoms with E-state index in [2.05, 4.69) is 36.9 Å². The fourth-order valence-electron chi connectivity index (χ4n) is 13.1. The largest absolute Gasteiger partial charge is 0.496 e. The van der Waals surface area contributed by atoms with Gasteiger partial charge in [-0.05, 0) is 84.0 Å². The average Bonchev–Trinajstić information content (AvgIpc) is 3.87. The van der Waals surface area contributed by atoms with Crippen molar-refractivity contribution >= 4 is 28.5 Å². The Hall–Kier alpha value is -4.43. The van der Waals surface area contributed by atoms with Gasteiger partial charge in [0.25, 0.3) is 5.91 Å². The molecule has 9 rings (SSSR count). The maximum atomic E-state index is 14.6. The van der Waals surface area contributed by atoms with Crippen molar-refractivity contribution in [2.24, 2.45) is 16.4 Å². The van der Waals surface area contributed by atoms with Crippen molar-refractivity contribution in [1.82, 2.24) is 14.8 Å². The van der Waals surface area contributed by atoms with E-state index in [0.717, 1.165) is 39.0 Å². The molecule has 2 bridgehead atoms. The topological polar surface area (TPSA) is 188 Å². The standard InChI is InChI=1S/C43H53N7O7/c1-6-40(54)21-24-22-49(23-40)17-13-26-25-11-8-9-12-29(25)45-34(26)33(35(51)57-5)32(24)27-19-28-30(20-31(27)56-4)48(3)37-42(28)15-18-50-16-10-14-41(7-2,36(42)50)38(52)43(37,55)39(53)46-47-44/h8-12,14,19-20,24,32-33,36-38,45,52,54-55H,6-7,13,15-18,21-23H2,1-5H3/t24?,32?,33-,36?,37?,38-,40?,41-,42-,43+/m1/s1. The van der Waals surface area contributed by atoms with Gasteiger partial charge >= 0.3 is 5.97 Å². The lowest BCUT2D eigenvalue weighted by atomic mass is 9.47. The van der Waals surface area contributed by atoms with Crippen LogP contribution in [0.3, 0.4) is 0 Å². The fraction of sp³-hybridized carbons (Fsp3) is 0.581. The lowest BCUT2D eigenvalue weighted by molar-refractivity contribution is -0.201. The van der Waals surface area contributed by atoms with Crippen LogP contribution in [0.25, 0.3) is 21.3 Å². The molecule has 1 spiro atoms. The third-order valence-electron chi connectivity index (χ3n) is 15.3. The van der Waals surface area contributed by atoms with Gasteiger partial charge in [0.1, 0.15) is 17.8 Å². The molecule has 1 saturated carbocycles. The van der Waals surface area contributed by atoms with E-state index < -0.39 is 57.9 Å². The summed E-state index contributed by atoms with van der Waals surface area (Å²) in [4.78, 5) is 41.7. The molecule has 0 radical (unpaired) electrons. The molecular weight excluding hydrogens is 727 g/mol. The number of esters is 1. The van der Waals surface area contributed by atoms with Gasteiger partial charge in [0.05, 0.1) is 25.9 Å². The van der Waals surface area contributed by atoms with E-state index in [1.165, 1.54) is 7.11 Å². The summed E-state index contributed by atoms with van der Waals surface area (Å²) in [5, 5.41) is 42.0. The second-order valence-corrected chi connectivity index (χ2v) is 17.5. The number of azide groups is 1. The van der Waals surface area contributed by atoms with Crippen LogP contribution in [0.2, 0.25) is 0 Å². The third-order valence-corrected chi connectivity index (χ3v) is 15.3. The zero-order chi connectivity index (χ0) is 40.2. The molecule has 3 fully saturated rings. The third kappa shape index (κ3) is 4.98. The van der Waals surface area contributed by atoms with Crippen LogP contribution >= 0.6 is 0 Å². The minimum absolute atomic E-state index is 0.214. The number of aliphatic hydroxyl groups excluding tert-OH is 1. The number of piperidine rings is 1. The highest BCUT2D eigenvalue weighted by molar-refractivity contribution is 5.92. The van der Waals surface area contributed by atoms with Crippen molar-refractivity contribution in [2.45, 2.75) is 92.6 Å². The van der Waals surface area contributed by atoms with E-state index in [9.17, 15) is 30.4 Å². The molecule has 3 aromatic rings. The highest BCUT2D eigenvalue weighted by Gasteiger charge is 2.78. The minimum atomic E-state index is -2.47. The Kier molecular flexibility index (Phi) is 8.89. The van der Waals surface area contributed by atoms with E-state index >= 15 is 0 Å². The molecule has 57 heavy (non-hydrogen) atoms. The van der Waals surface area contributed by atoms with Crippen LogP contribution in [0.1, 0.15) is 73.8 Å². The summed E-state index contributed by atoms with van der Waals surface area (Å²) in [7, 11) is 4.84. The molecule has 5 aliphatic heterocycles. The van der Waals surface area contributed by atoms with Crippen LogP contribution in [0.5, 0.6) is 5.75 Å². The normalized spacial score (nSPS) is 37.8. The van der Waals surface area contributed by atoms with Gasteiger partial charge in [-0.2, -0.15) is 0 Å². The van der Waals surface area contributed by atoms with Crippen molar-refractivity contribution in [3.8, 4) is 5.75 Å².